The van der Waals surface area contributed by atoms with Crippen molar-refractivity contribution in [1.29, 1.82) is 0 Å². The van der Waals surface area contributed by atoms with Crippen LogP contribution < -0.4 is 4.72 Å². The molecule has 2 N–H and O–H groups in total. The van der Waals surface area contributed by atoms with E-state index in [-0.39, 0.29) is 11.4 Å². The van der Waals surface area contributed by atoms with Gasteiger partial charge in [0.2, 0.25) is 10.0 Å². The first-order valence-electron chi connectivity index (χ1n) is 6.39. The molecule has 0 spiro atoms. The summed E-state index contributed by atoms with van der Waals surface area (Å²) in [5.41, 5.74) is -1.08. The van der Waals surface area contributed by atoms with Gasteiger partial charge >= 0.3 is 0 Å². The Morgan fingerprint density at radius 2 is 2.14 bits per heavy atom. The lowest BCUT2D eigenvalue weighted by Crippen LogP contribution is -2.42. The molecule has 1 aromatic carbocycles. The summed E-state index contributed by atoms with van der Waals surface area (Å²) in [5, 5.41) is 11.5. The predicted octanol–water partition coefficient (Wildman–Crippen LogP) is 1.63. The molecule has 0 saturated heterocycles. The molecule has 0 radical (unpaired) electrons. The van der Waals surface area contributed by atoms with Gasteiger partial charge in [-0.15, -0.1) is 0 Å². The lowest BCUT2D eigenvalue weighted by molar-refractivity contribution is 0.0909. The van der Waals surface area contributed by atoms with Crippen LogP contribution in [0.15, 0.2) is 41.6 Å². The fourth-order valence-corrected chi connectivity index (χ4v) is 4.13. The number of nitrogens with one attached hydrogen (secondary N) is 1. The lowest BCUT2D eigenvalue weighted by Gasteiger charge is -2.22. The molecule has 1 aromatic heterocycles. The second kappa shape index (κ2) is 6.31. The molecule has 0 fully saturated rings. The third kappa shape index (κ3) is 3.94. The first-order valence-corrected chi connectivity index (χ1v) is 9.27. The van der Waals surface area contributed by atoms with Crippen molar-refractivity contribution in [2.45, 2.75) is 17.4 Å². The van der Waals surface area contributed by atoms with Crippen molar-refractivity contribution < 1.29 is 13.5 Å². The number of rotatable bonds is 6. The van der Waals surface area contributed by atoms with Crippen molar-refractivity contribution in [1.82, 2.24) is 9.71 Å². The molecule has 1 atom stereocenters. The summed E-state index contributed by atoms with van der Waals surface area (Å²) in [5.74, 6) is 0.453. The van der Waals surface area contributed by atoms with E-state index in [2.05, 4.69) is 9.71 Å². The van der Waals surface area contributed by atoms with Crippen LogP contribution in [0, 0.1) is 0 Å². The van der Waals surface area contributed by atoms with Gasteiger partial charge < -0.3 is 5.11 Å². The van der Waals surface area contributed by atoms with Crippen LogP contribution >= 0.6 is 11.8 Å². The quantitative estimate of drug-likeness (QED) is 0.843. The van der Waals surface area contributed by atoms with E-state index in [0.717, 1.165) is 5.39 Å². The van der Waals surface area contributed by atoms with Crippen molar-refractivity contribution in [2.24, 2.45) is 0 Å². The Morgan fingerprint density at radius 3 is 2.86 bits per heavy atom. The number of aromatic nitrogens is 1. The maximum Gasteiger partial charge on any atom is 0.241 e. The predicted molar refractivity (Wildman–Crippen MR) is 85.9 cm³/mol. The fraction of sp³-hybridized carbons (Fsp3) is 0.357. The van der Waals surface area contributed by atoms with Crippen molar-refractivity contribution in [3.05, 3.63) is 36.7 Å². The fourth-order valence-electron chi connectivity index (χ4n) is 2.02. The van der Waals surface area contributed by atoms with Gasteiger partial charge in [0.25, 0.3) is 0 Å². The van der Waals surface area contributed by atoms with Gasteiger partial charge in [-0.2, -0.15) is 11.8 Å². The molecule has 0 saturated carbocycles. The third-order valence-corrected chi connectivity index (χ3v) is 5.40. The number of aliphatic hydroxyl groups is 1. The van der Waals surface area contributed by atoms with Gasteiger partial charge in [-0.05, 0) is 25.3 Å². The van der Waals surface area contributed by atoms with E-state index in [4.69, 9.17) is 0 Å². The Hall–Kier alpha value is -1.15. The highest BCUT2D eigenvalue weighted by Gasteiger charge is 2.24. The maximum absolute atomic E-state index is 12.4. The number of hydrogen-bond acceptors (Lipinski definition) is 5. The summed E-state index contributed by atoms with van der Waals surface area (Å²) in [4.78, 5) is 4.18. The normalized spacial score (nSPS) is 15.0. The summed E-state index contributed by atoms with van der Waals surface area (Å²) in [6, 6.07) is 6.71. The van der Waals surface area contributed by atoms with Crippen LogP contribution in [0.1, 0.15) is 6.92 Å². The molecule has 0 amide bonds. The Morgan fingerprint density at radius 1 is 1.38 bits per heavy atom. The van der Waals surface area contributed by atoms with Gasteiger partial charge in [-0.25, -0.2) is 13.1 Å². The van der Waals surface area contributed by atoms with E-state index in [1.54, 1.807) is 37.5 Å². The first-order chi connectivity index (χ1) is 9.86. The maximum atomic E-state index is 12.4. The number of thioether (sulfide) groups is 1. The molecule has 2 aromatic rings. The zero-order chi connectivity index (χ0) is 15.5. The molecule has 114 valence electrons. The number of benzene rings is 1. The molecule has 0 aliphatic heterocycles. The highest BCUT2D eigenvalue weighted by molar-refractivity contribution is 7.98. The molecule has 1 heterocycles. The summed E-state index contributed by atoms with van der Waals surface area (Å²) >= 11 is 1.46. The third-order valence-electron chi connectivity index (χ3n) is 3.03. The minimum Gasteiger partial charge on any atom is -0.388 e. The summed E-state index contributed by atoms with van der Waals surface area (Å²) in [7, 11) is -3.69. The minimum atomic E-state index is -3.69. The summed E-state index contributed by atoms with van der Waals surface area (Å²) < 4.78 is 27.4. The number of sulfonamides is 1. The number of nitrogens with zero attached hydrogens (tertiary/aromatic N) is 1. The number of hydrogen-bond donors (Lipinski definition) is 2. The molecule has 2 rings (SSSR count). The van der Waals surface area contributed by atoms with Gasteiger partial charge in [-0.3, -0.25) is 4.98 Å². The van der Waals surface area contributed by atoms with E-state index < -0.39 is 15.6 Å². The number of pyridine rings is 1. The van der Waals surface area contributed by atoms with E-state index in [1.807, 2.05) is 12.3 Å². The summed E-state index contributed by atoms with van der Waals surface area (Å²) in [6.45, 7) is 1.58. The van der Waals surface area contributed by atoms with E-state index >= 15 is 0 Å². The molecular formula is C14H18N2O3S2. The lowest BCUT2D eigenvalue weighted by atomic mass is 10.1. The molecule has 21 heavy (non-hydrogen) atoms. The van der Waals surface area contributed by atoms with Crippen LogP contribution in [0.3, 0.4) is 0 Å². The highest BCUT2D eigenvalue weighted by Crippen LogP contribution is 2.22. The largest absolute Gasteiger partial charge is 0.388 e. The van der Waals surface area contributed by atoms with E-state index in [9.17, 15) is 13.5 Å². The first kappa shape index (κ1) is 16.2. The van der Waals surface area contributed by atoms with Crippen LogP contribution in [-0.4, -0.2) is 42.7 Å². The zero-order valence-corrected chi connectivity index (χ0v) is 13.5. The van der Waals surface area contributed by atoms with Crippen LogP contribution in [-0.2, 0) is 10.0 Å². The van der Waals surface area contributed by atoms with Crippen LogP contribution in [0.25, 0.3) is 10.8 Å². The van der Waals surface area contributed by atoms with Crippen LogP contribution in [0.5, 0.6) is 0 Å². The van der Waals surface area contributed by atoms with Gasteiger partial charge in [0.1, 0.15) is 0 Å². The van der Waals surface area contributed by atoms with Gasteiger partial charge in [-0.1, -0.05) is 12.1 Å². The standard InChI is InChI=1S/C14H18N2O3S2/c1-14(17,10-20-2)9-16-21(18,19)13-5-3-4-11-8-15-7-6-12(11)13/h3-8,16-17H,9-10H2,1-2H3. The monoisotopic (exact) mass is 326 g/mol. The van der Waals surface area contributed by atoms with Gasteiger partial charge in [0.05, 0.1) is 10.5 Å². The Kier molecular flexibility index (Phi) is 4.88. The molecule has 5 nitrogen and oxygen atoms in total. The smallest absolute Gasteiger partial charge is 0.241 e. The Balaban J connectivity index is 2.30. The average molecular weight is 326 g/mol. The number of fused-ring (bicyclic) bond motifs is 1. The Bertz CT molecular complexity index is 725. The second-order valence-electron chi connectivity index (χ2n) is 5.11. The minimum absolute atomic E-state index is 0.0301. The SMILES string of the molecule is CSCC(C)(O)CNS(=O)(=O)c1cccc2cnccc12. The van der Waals surface area contributed by atoms with Crippen molar-refractivity contribution in [3.63, 3.8) is 0 Å². The highest BCUT2D eigenvalue weighted by atomic mass is 32.2. The average Bonchev–Trinajstić information content (AvgIpc) is 2.45. The second-order valence-corrected chi connectivity index (χ2v) is 7.71. The van der Waals surface area contributed by atoms with Crippen LogP contribution in [0.4, 0.5) is 0 Å². The molecule has 0 aliphatic carbocycles. The van der Waals surface area contributed by atoms with Gasteiger partial charge in [0.15, 0.2) is 0 Å². The van der Waals surface area contributed by atoms with Gasteiger partial charge in [0, 0.05) is 35.5 Å². The Labute approximate surface area is 128 Å². The molecule has 1 unspecified atom stereocenters. The van der Waals surface area contributed by atoms with Crippen LogP contribution in [0.2, 0.25) is 0 Å². The van der Waals surface area contributed by atoms with Crippen molar-refractivity contribution in [2.75, 3.05) is 18.6 Å². The summed E-state index contributed by atoms with van der Waals surface area (Å²) in [6.07, 6.45) is 5.05. The van der Waals surface area contributed by atoms with Crippen molar-refractivity contribution >= 4 is 32.6 Å². The topological polar surface area (TPSA) is 79.3 Å². The molecule has 0 aliphatic rings. The molecule has 7 heteroatoms. The van der Waals surface area contributed by atoms with Crippen molar-refractivity contribution in [3.8, 4) is 0 Å². The van der Waals surface area contributed by atoms with E-state index in [1.165, 1.54) is 11.8 Å². The molecule has 0 bridgehead atoms. The molecular weight excluding hydrogens is 308 g/mol. The van der Waals surface area contributed by atoms with E-state index in [0.29, 0.717) is 11.1 Å². The zero-order valence-electron chi connectivity index (χ0n) is 11.9.